The molecule has 0 saturated heterocycles. The number of nitrogens with one attached hydrogen (secondary N) is 1. The zero-order chi connectivity index (χ0) is 46.5. The molecule has 0 aliphatic heterocycles. The fourth-order valence-corrected chi connectivity index (χ4v) is 8.55. The Morgan fingerprint density at radius 3 is 1.20 bits per heavy atom. The summed E-state index contributed by atoms with van der Waals surface area (Å²) >= 11 is 0. The Morgan fingerprint density at radius 1 is 0.438 bits per heavy atom. The third-order valence-electron chi connectivity index (χ3n) is 12.9. The van der Waals surface area contributed by atoms with Crippen LogP contribution in [0.15, 0.2) is 36.5 Å². The molecule has 376 valence electrons. The number of carbonyl (C=O) groups is 2. The first-order valence-electron chi connectivity index (χ1n) is 28.3. The molecule has 3 N–H and O–H groups in total. The number of unbranched alkanes of at least 4 members (excludes halogenated alkanes) is 37. The average Bonchev–Trinajstić information content (AvgIpc) is 3.29. The van der Waals surface area contributed by atoms with Crippen LogP contribution >= 0.6 is 0 Å². The third-order valence-corrected chi connectivity index (χ3v) is 12.9. The Bertz CT molecular complexity index is 1040. The number of esters is 1. The van der Waals surface area contributed by atoms with Crippen molar-refractivity contribution in [3.8, 4) is 0 Å². The van der Waals surface area contributed by atoms with Gasteiger partial charge in [-0.25, -0.2) is 0 Å². The maximum atomic E-state index is 12.5. The lowest BCUT2D eigenvalue weighted by molar-refractivity contribution is -0.143. The molecule has 0 radical (unpaired) electrons. The van der Waals surface area contributed by atoms with Crippen LogP contribution in [0.2, 0.25) is 0 Å². The van der Waals surface area contributed by atoms with Gasteiger partial charge < -0.3 is 20.3 Å². The Kier molecular flexibility index (Phi) is 52.1. The number of aliphatic hydroxyl groups is 2. The molecule has 0 aromatic carbocycles. The average molecular weight is 901 g/mol. The van der Waals surface area contributed by atoms with Gasteiger partial charge in [0.05, 0.1) is 25.4 Å². The number of hydrogen-bond donors (Lipinski definition) is 3. The summed E-state index contributed by atoms with van der Waals surface area (Å²) in [7, 11) is 0. The second kappa shape index (κ2) is 53.7. The predicted octanol–water partition coefficient (Wildman–Crippen LogP) is 17.2. The monoisotopic (exact) mass is 900 g/mol. The van der Waals surface area contributed by atoms with E-state index in [2.05, 4.69) is 43.5 Å². The second-order valence-corrected chi connectivity index (χ2v) is 19.3. The van der Waals surface area contributed by atoms with E-state index in [0.29, 0.717) is 19.4 Å². The van der Waals surface area contributed by atoms with Gasteiger partial charge in [-0.05, 0) is 64.2 Å². The lowest BCUT2D eigenvalue weighted by Gasteiger charge is -2.20. The topological polar surface area (TPSA) is 95.9 Å². The molecule has 0 aromatic rings. The highest BCUT2D eigenvalue weighted by atomic mass is 16.5. The van der Waals surface area contributed by atoms with Gasteiger partial charge in [0.25, 0.3) is 0 Å². The number of carbonyl (C=O) groups excluding carboxylic acids is 2. The summed E-state index contributed by atoms with van der Waals surface area (Å²) in [5, 5.41) is 23.1. The van der Waals surface area contributed by atoms with Crippen LogP contribution in [0, 0.1) is 0 Å². The molecular weight excluding hydrogens is 791 g/mol. The van der Waals surface area contributed by atoms with E-state index in [-0.39, 0.29) is 18.5 Å². The van der Waals surface area contributed by atoms with Crippen LogP contribution in [-0.2, 0) is 14.3 Å². The zero-order valence-electron chi connectivity index (χ0n) is 42.8. The molecule has 0 fully saturated rings. The van der Waals surface area contributed by atoms with E-state index < -0.39 is 12.1 Å². The fourth-order valence-electron chi connectivity index (χ4n) is 8.55. The Morgan fingerprint density at radius 2 is 0.781 bits per heavy atom. The van der Waals surface area contributed by atoms with E-state index in [1.807, 2.05) is 6.08 Å². The molecule has 64 heavy (non-hydrogen) atoms. The second-order valence-electron chi connectivity index (χ2n) is 19.3. The molecule has 0 heterocycles. The molecule has 6 nitrogen and oxygen atoms in total. The van der Waals surface area contributed by atoms with E-state index in [1.54, 1.807) is 6.08 Å². The van der Waals surface area contributed by atoms with Gasteiger partial charge in [0.15, 0.2) is 0 Å². The maximum Gasteiger partial charge on any atom is 0.305 e. The lowest BCUT2D eigenvalue weighted by Crippen LogP contribution is -2.45. The number of allylic oxidation sites excluding steroid dienone is 5. The highest BCUT2D eigenvalue weighted by molar-refractivity contribution is 5.76. The van der Waals surface area contributed by atoms with Gasteiger partial charge in [-0.2, -0.15) is 0 Å². The standard InChI is InChI=1S/C58H109NO5/c1-3-5-7-9-11-13-15-17-19-21-22-23-24-25-26-27-29-31-34-38-42-46-50-56(61)55(54-60)59-57(62)51-47-43-39-35-33-37-41-45-49-53-64-58(63)52-48-44-40-36-32-30-28-20-18-16-14-12-10-8-6-4-2/h14,16,20,28,46,50,55-56,60-61H,3-13,15,17-19,21-27,29-45,47-49,51-54H2,1-2H3,(H,59,62)/b16-14-,28-20-,50-46+. The Labute approximate surface area is 398 Å². The molecule has 0 saturated carbocycles. The van der Waals surface area contributed by atoms with Crippen LogP contribution in [-0.4, -0.2) is 47.4 Å². The maximum absolute atomic E-state index is 12.5. The number of rotatable bonds is 52. The van der Waals surface area contributed by atoms with Crippen molar-refractivity contribution in [2.24, 2.45) is 0 Å². The van der Waals surface area contributed by atoms with E-state index in [0.717, 1.165) is 70.6 Å². The van der Waals surface area contributed by atoms with Crippen LogP contribution in [0.3, 0.4) is 0 Å². The first-order chi connectivity index (χ1) is 31.5. The van der Waals surface area contributed by atoms with Crippen molar-refractivity contribution >= 4 is 11.9 Å². The van der Waals surface area contributed by atoms with E-state index in [1.165, 1.54) is 199 Å². The van der Waals surface area contributed by atoms with Crippen molar-refractivity contribution in [3.05, 3.63) is 36.5 Å². The summed E-state index contributed by atoms with van der Waals surface area (Å²) in [5.41, 5.74) is 0. The van der Waals surface area contributed by atoms with Gasteiger partial charge >= 0.3 is 5.97 Å². The van der Waals surface area contributed by atoms with Crippen molar-refractivity contribution in [2.45, 2.75) is 309 Å². The van der Waals surface area contributed by atoms with Gasteiger partial charge in [0.2, 0.25) is 5.91 Å². The molecule has 1 amide bonds. The van der Waals surface area contributed by atoms with Crippen molar-refractivity contribution in [1.29, 1.82) is 0 Å². The third kappa shape index (κ3) is 49.5. The summed E-state index contributed by atoms with van der Waals surface area (Å²) < 4.78 is 5.45. The summed E-state index contributed by atoms with van der Waals surface area (Å²) in [5.74, 6) is -0.135. The van der Waals surface area contributed by atoms with Crippen molar-refractivity contribution < 1.29 is 24.5 Å². The van der Waals surface area contributed by atoms with Crippen molar-refractivity contribution in [1.82, 2.24) is 5.32 Å². The predicted molar refractivity (Wildman–Crippen MR) is 278 cm³/mol. The number of aliphatic hydroxyl groups excluding tert-OH is 2. The Hall–Kier alpha value is -1.92. The molecule has 6 heteroatoms. The molecule has 0 aliphatic rings. The largest absolute Gasteiger partial charge is 0.466 e. The van der Waals surface area contributed by atoms with Crippen molar-refractivity contribution in [3.63, 3.8) is 0 Å². The first kappa shape index (κ1) is 62.1. The minimum Gasteiger partial charge on any atom is -0.466 e. The van der Waals surface area contributed by atoms with Gasteiger partial charge in [-0.1, -0.05) is 256 Å². The number of hydrogen-bond acceptors (Lipinski definition) is 5. The molecule has 0 rings (SSSR count). The van der Waals surface area contributed by atoms with Crippen LogP contribution in [0.25, 0.3) is 0 Å². The zero-order valence-corrected chi connectivity index (χ0v) is 42.8. The quantitative estimate of drug-likeness (QED) is 0.0321. The minimum atomic E-state index is -0.864. The van der Waals surface area contributed by atoms with E-state index in [4.69, 9.17) is 4.74 Å². The summed E-state index contributed by atoms with van der Waals surface area (Å²) in [6.45, 7) is 4.83. The Balaban J connectivity index is 3.53. The van der Waals surface area contributed by atoms with Crippen LogP contribution < -0.4 is 5.32 Å². The summed E-state index contributed by atoms with van der Waals surface area (Å²) in [4.78, 5) is 24.5. The smallest absolute Gasteiger partial charge is 0.305 e. The summed E-state index contributed by atoms with van der Waals surface area (Å²) in [6, 6.07) is -0.650. The molecular formula is C58H109NO5. The first-order valence-corrected chi connectivity index (χ1v) is 28.3. The SMILES string of the molecule is CCCCCC/C=C\C/C=C\CCCCCCCC(=O)OCCCCCCCCCCCC(=O)NC(CO)C(O)/C=C/CCCCCCCCCCCCCCCCCCCCCC. The van der Waals surface area contributed by atoms with Gasteiger partial charge in [-0.15, -0.1) is 0 Å². The van der Waals surface area contributed by atoms with Gasteiger partial charge in [0.1, 0.15) is 0 Å². The highest BCUT2D eigenvalue weighted by Crippen LogP contribution is 2.16. The molecule has 0 aliphatic carbocycles. The lowest BCUT2D eigenvalue weighted by atomic mass is 10.0. The summed E-state index contributed by atoms with van der Waals surface area (Å²) in [6.07, 6.45) is 65.8. The molecule has 0 bridgehead atoms. The van der Waals surface area contributed by atoms with E-state index >= 15 is 0 Å². The molecule has 2 atom stereocenters. The molecule has 2 unspecified atom stereocenters. The van der Waals surface area contributed by atoms with Crippen LogP contribution in [0.4, 0.5) is 0 Å². The number of amides is 1. The minimum absolute atomic E-state index is 0.0404. The van der Waals surface area contributed by atoms with Crippen molar-refractivity contribution in [2.75, 3.05) is 13.2 Å². The van der Waals surface area contributed by atoms with Crippen LogP contribution in [0.1, 0.15) is 296 Å². The van der Waals surface area contributed by atoms with Crippen LogP contribution in [0.5, 0.6) is 0 Å². The molecule has 0 spiro atoms. The van der Waals surface area contributed by atoms with E-state index in [9.17, 15) is 19.8 Å². The fraction of sp³-hybridized carbons (Fsp3) is 0.862. The number of ether oxygens (including phenoxy) is 1. The van der Waals surface area contributed by atoms with Gasteiger partial charge in [-0.3, -0.25) is 9.59 Å². The highest BCUT2D eigenvalue weighted by Gasteiger charge is 2.18. The molecule has 0 aromatic heterocycles. The van der Waals surface area contributed by atoms with Gasteiger partial charge in [0, 0.05) is 12.8 Å². The normalized spacial score (nSPS) is 12.9.